The zero-order valence-electron chi connectivity index (χ0n) is 23.9. The number of halogens is 1. The highest BCUT2D eigenvalue weighted by Gasteiger charge is 2.35. The highest BCUT2D eigenvalue weighted by Crippen LogP contribution is 2.48. The minimum absolute atomic E-state index is 0.214. The number of aromatic carboxylic acids is 1. The number of alkyl halides is 1. The van der Waals surface area contributed by atoms with E-state index in [1.165, 1.54) is 0 Å². The summed E-state index contributed by atoms with van der Waals surface area (Å²) < 4.78 is 24.2. The number of carboxylic acid groups (broad SMARTS) is 1. The average molecular weight is 556 g/mol. The van der Waals surface area contributed by atoms with Crippen LogP contribution >= 0.6 is 0 Å². The number of likely N-dealkylation sites (N-methyl/N-ethyl adjacent to an activating group) is 1. The predicted molar refractivity (Wildman–Crippen MR) is 162 cm³/mol. The third kappa shape index (κ3) is 5.43. The van der Waals surface area contributed by atoms with Crippen molar-refractivity contribution in [2.24, 2.45) is 0 Å². The summed E-state index contributed by atoms with van der Waals surface area (Å²) in [6, 6.07) is 21.7. The number of rotatable bonds is 8. The third-order valence-corrected chi connectivity index (χ3v) is 8.63. The van der Waals surface area contributed by atoms with Gasteiger partial charge in [0.2, 0.25) is 0 Å². The van der Waals surface area contributed by atoms with Crippen molar-refractivity contribution in [3.05, 3.63) is 83.4 Å². The van der Waals surface area contributed by atoms with Gasteiger partial charge in [-0.15, -0.1) is 0 Å². The number of benzene rings is 3. The van der Waals surface area contributed by atoms with Crippen molar-refractivity contribution in [2.45, 2.75) is 50.9 Å². The van der Waals surface area contributed by atoms with Gasteiger partial charge >= 0.3 is 5.97 Å². The lowest BCUT2D eigenvalue weighted by atomic mass is 9.80. The minimum atomic E-state index is -0.952. The fourth-order valence-corrected chi connectivity index (χ4v) is 6.52. The van der Waals surface area contributed by atoms with Gasteiger partial charge in [0.15, 0.2) is 0 Å². The van der Waals surface area contributed by atoms with Crippen molar-refractivity contribution in [3.63, 3.8) is 0 Å². The highest BCUT2D eigenvalue weighted by atomic mass is 19.1. The first-order chi connectivity index (χ1) is 19.9. The molecule has 6 nitrogen and oxygen atoms in total. The predicted octanol–water partition coefficient (Wildman–Crippen LogP) is 6.96. The summed E-state index contributed by atoms with van der Waals surface area (Å²) in [6.45, 7) is 3.62. The molecule has 1 saturated carbocycles. The van der Waals surface area contributed by atoms with E-state index in [2.05, 4.69) is 52.7 Å². The Morgan fingerprint density at radius 2 is 1.83 bits per heavy atom. The van der Waals surface area contributed by atoms with Crippen LogP contribution in [0.1, 0.15) is 53.1 Å². The van der Waals surface area contributed by atoms with Gasteiger partial charge in [0.05, 0.1) is 11.3 Å². The molecule has 0 amide bonds. The van der Waals surface area contributed by atoms with Crippen LogP contribution in [0, 0.1) is 0 Å². The van der Waals surface area contributed by atoms with Crippen molar-refractivity contribution in [3.8, 4) is 17.0 Å². The van der Waals surface area contributed by atoms with E-state index >= 15 is 4.39 Å². The topological polar surface area (TPSA) is 57.9 Å². The molecule has 0 bridgehead atoms. The average Bonchev–Trinajstić information content (AvgIpc) is 3.20. The Balaban J connectivity index is 1.52. The number of carbonyl (C=O) groups is 1. The second-order valence-corrected chi connectivity index (χ2v) is 11.6. The van der Waals surface area contributed by atoms with Crippen LogP contribution in [0.4, 0.5) is 10.1 Å². The zero-order valence-corrected chi connectivity index (χ0v) is 23.9. The number of hydrogen-bond donors (Lipinski definition) is 1. The molecule has 1 aliphatic heterocycles. The summed E-state index contributed by atoms with van der Waals surface area (Å²) >= 11 is 0. The van der Waals surface area contributed by atoms with Crippen molar-refractivity contribution < 1.29 is 19.0 Å². The van der Waals surface area contributed by atoms with Gasteiger partial charge < -0.3 is 24.2 Å². The lowest BCUT2D eigenvalue weighted by Crippen LogP contribution is -2.33. The van der Waals surface area contributed by atoms with Gasteiger partial charge in [0.1, 0.15) is 18.5 Å². The van der Waals surface area contributed by atoms with Crippen LogP contribution in [0.25, 0.3) is 22.2 Å². The molecule has 7 heteroatoms. The molecule has 0 radical (unpaired) electrons. The number of nitrogens with zero attached hydrogens (tertiary/aromatic N) is 3. The van der Waals surface area contributed by atoms with Gasteiger partial charge in [-0.3, -0.25) is 0 Å². The number of ether oxygens (including phenoxy) is 1. The maximum atomic E-state index is 15.7. The summed E-state index contributed by atoms with van der Waals surface area (Å²) in [4.78, 5) is 16.5. The van der Waals surface area contributed by atoms with E-state index in [0.717, 1.165) is 83.6 Å². The first-order valence-corrected chi connectivity index (χ1v) is 14.6. The van der Waals surface area contributed by atoms with Gasteiger partial charge in [0.25, 0.3) is 0 Å². The first-order valence-electron chi connectivity index (χ1n) is 14.6. The normalized spacial score (nSPS) is 18.7. The quantitative estimate of drug-likeness (QED) is 0.255. The SMILES string of the molecule is CN(C)CCN1CCn2c(c([C@H]3CCCC[C@@H]3F)c3ccc(C(=O)O)cc32)-c2ccc(OCc3ccccc3)cc21. The van der Waals surface area contributed by atoms with E-state index in [4.69, 9.17) is 4.74 Å². The van der Waals surface area contributed by atoms with Crippen molar-refractivity contribution in [2.75, 3.05) is 38.6 Å². The maximum absolute atomic E-state index is 15.7. The molecular weight excluding hydrogens is 517 g/mol. The van der Waals surface area contributed by atoms with Crippen molar-refractivity contribution >= 4 is 22.6 Å². The first kappa shape index (κ1) is 27.3. The molecule has 1 fully saturated rings. The van der Waals surface area contributed by atoms with Gasteiger partial charge in [-0.05, 0) is 62.3 Å². The molecule has 1 aliphatic carbocycles. The Kier molecular flexibility index (Phi) is 7.71. The summed E-state index contributed by atoms with van der Waals surface area (Å²) in [5, 5.41) is 10.8. The second kappa shape index (κ2) is 11.6. The van der Waals surface area contributed by atoms with Gasteiger partial charge in [-0.1, -0.05) is 49.2 Å². The summed E-state index contributed by atoms with van der Waals surface area (Å²) in [6.07, 6.45) is 2.36. The molecule has 1 N–H and O–H groups in total. The molecule has 2 aliphatic rings. The third-order valence-electron chi connectivity index (χ3n) is 8.63. The van der Waals surface area contributed by atoms with E-state index in [1.54, 1.807) is 12.1 Å². The number of hydrogen-bond acceptors (Lipinski definition) is 4. The Morgan fingerprint density at radius 1 is 1.02 bits per heavy atom. The van der Waals surface area contributed by atoms with Crippen LogP contribution in [0.3, 0.4) is 0 Å². The van der Waals surface area contributed by atoms with Crippen LogP contribution in [0.5, 0.6) is 5.75 Å². The summed E-state index contributed by atoms with van der Waals surface area (Å²) in [5.74, 6) is -0.372. The van der Waals surface area contributed by atoms with Crippen LogP contribution < -0.4 is 9.64 Å². The van der Waals surface area contributed by atoms with E-state index in [0.29, 0.717) is 19.6 Å². The molecule has 2 heterocycles. The van der Waals surface area contributed by atoms with Crippen LogP contribution in [-0.4, -0.2) is 60.4 Å². The standard InChI is InChI=1S/C34H38FN3O3/c1-36(2)16-17-37-18-19-38-31-20-24(34(39)40)12-14-27(31)32(26-10-6-7-11-29(26)35)33(38)28-15-13-25(21-30(28)37)41-22-23-8-4-3-5-9-23/h3-5,8-9,12-15,20-21,26,29H,6-7,10-11,16-19,22H2,1-2H3,(H,39,40)/t26-,29-/m0/s1. The Morgan fingerprint density at radius 3 is 2.59 bits per heavy atom. The van der Waals surface area contributed by atoms with Crippen molar-refractivity contribution in [1.82, 2.24) is 9.47 Å². The largest absolute Gasteiger partial charge is 0.489 e. The summed E-state index contributed by atoms with van der Waals surface area (Å²) in [5.41, 5.74) is 6.40. The lowest BCUT2D eigenvalue weighted by Gasteiger charge is -2.29. The molecular formula is C34H38FN3O3. The monoisotopic (exact) mass is 555 g/mol. The minimum Gasteiger partial charge on any atom is -0.489 e. The van der Waals surface area contributed by atoms with Gasteiger partial charge in [0, 0.05) is 60.3 Å². The molecule has 1 aromatic heterocycles. The smallest absolute Gasteiger partial charge is 0.335 e. The van der Waals surface area contributed by atoms with Crippen LogP contribution in [0.2, 0.25) is 0 Å². The molecule has 41 heavy (non-hydrogen) atoms. The summed E-state index contributed by atoms with van der Waals surface area (Å²) in [7, 11) is 4.15. The van der Waals surface area contributed by atoms with Crippen LogP contribution in [0.15, 0.2) is 66.7 Å². The molecule has 214 valence electrons. The van der Waals surface area contributed by atoms with Crippen LogP contribution in [-0.2, 0) is 13.2 Å². The van der Waals surface area contributed by atoms with Gasteiger partial charge in [-0.2, -0.15) is 0 Å². The molecule has 0 unspecified atom stereocenters. The molecule has 2 atom stereocenters. The Hall–Kier alpha value is -3.84. The Bertz CT molecular complexity index is 1550. The molecule has 4 aromatic rings. The number of anilines is 1. The van der Waals surface area contributed by atoms with E-state index in [-0.39, 0.29) is 11.5 Å². The molecule has 0 spiro atoms. The number of aromatic nitrogens is 1. The zero-order chi connectivity index (χ0) is 28.5. The number of fused-ring (bicyclic) bond motifs is 5. The molecule has 0 saturated heterocycles. The van der Waals surface area contributed by atoms with E-state index < -0.39 is 12.1 Å². The van der Waals surface area contributed by atoms with Gasteiger partial charge in [-0.25, -0.2) is 9.18 Å². The highest BCUT2D eigenvalue weighted by molar-refractivity contribution is 5.99. The molecule has 6 rings (SSSR count). The Labute approximate surface area is 240 Å². The lowest BCUT2D eigenvalue weighted by molar-refractivity contribution is 0.0697. The van der Waals surface area contributed by atoms with E-state index in [1.807, 2.05) is 30.3 Å². The van der Waals surface area contributed by atoms with E-state index in [9.17, 15) is 9.90 Å². The fourth-order valence-electron chi connectivity index (χ4n) is 6.52. The second-order valence-electron chi connectivity index (χ2n) is 11.6. The fraction of sp³-hybridized carbons (Fsp3) is 0.382. The number of carboxylic acids is 1. The van der Waals surface area contributed by atoms with Crippen molar-refractivity contribution in [1.29, 1.82) is 0 Å². The molecule has 3 aromatic carbocycles. The maximum Gasteiger partial charge on any atom is 0.335 e.